The maximum atomic E-state index is 11.6. The van der Waals surface area contributed by atoms with Crippen molar-refractivity contribution in [2.24, 2.45) is 0 Å². The molecule has 2 rings (SSSR count). The Hall–Kier alpha value is -2.28. The summed E-state index contributed by atoms with van der Waals surface area (Å²) in [5, 5.41) is 5.27. The van der Waals surface area contributed by atoms with E-state index in [1.165, 1.54) is 24.4 Å². The summed E-state index contributed by atoms with van der Waals surface area (Å²) < 4.78 is 1.92. The minimum absolute atomic E-state index is 0.120. The lowest BCUT2D eigenvalue weighted by Gasteiger charge is -2.10. The fourth-order valence-corrected chi connectivity index (χ4v) is 2.74. The van der Waals surface area contributed by atoms with Crippen molar-refractivity contribution in [3.8, 4) is 5.69 Å². The zero-order valence-corrected chi connectivity index (χ0v) is 14.2. The van der Waals surface area contributed by atoms with Crippen LogP contribution in [0.4, 0.5) is 4.79 Å². The number of imide groups is 1. The number of hydrogen-bond donors (Lipinski definition) is 2. The van der Waals surface area contributed by atoms with Gasteiger partial charge in [-0.1, -0.05) is 37.7 Å². The highest BCUT2D eigenvalue weighted by Gasteiger charge is 2.11. The second-order valence-electron chi connectivity index (χ2n) is 5.24. The molecule has 0 spiro atoms. The first-order valence-electron chi connectivity index (χ1n) is 7.29. The highest BCUT2D eigenvalue weighted by molar-refractivity contribution is 7.99. The third kappa shape index (κ3) is 4.59. The summed E-state index contributed by atoms with van der Waals surface area (Å²) >= 11 is 1.28. The molecule has 0 aliphatic heterocycles. The SMILES string of the molecule is CNC(=O)NC(=O)CSc1nccn1-c1ccc(C(C)C)cc1. The standard InChI is InChI=1S/C16H20N4O2S/c1-11(2)12-4-6-13(7-5-12)20-9-8-18-16(20)23-10-14(21)19-15(22)17-3/h4-9,11H,10H2,1-3H3,(H2,17,19,21,22). The van der Waals surface area contributed by atoms with E-state index in [1.807, 2.05) is 22.9 Å². The third-order valence-corrected chi connectivity index (χ3v) is 4.22. The molecule has 2 N–H and O–H groups in total. The molecular formula is C16H20N4O2S. The van der Waals surface area contributed by atoms with Crippen LogP contribution in [-0.2, 0) is 4.79 Å². The molecule has 6 nitrogen and oxygen atoms in total. The smallest absolute Gasteiger partial charge is 0.321 e. The van der Waals surface area contributed by atoms with Gasteiger partial charge in [-0.3, -0.25) is 14.7 Å². The van der Waals surface area contributed by atoms with E-state index in [0.29, 0.717) is 11.1 Å². The van der Waals surface area contributed by atoms with Crippen molar-refractivity contribution in [1.82, 2.24) is 20.2 Å². The summed E-state index contributed by atoms with van der Waals surface area (Å²) in [5.74, 6) is 0.238. The monoisotopic (exact) mass is 332 g/mol. The van der Waals surface area contributed by atoms with Crippen molar-refractivity contribution in [2.75, 3.05) is 12.8 Å². The first-order valence-corrected chi connectivity index (χ1v) is 8.28. The molecule has 23 heavy (non-hydrogen) atoms. The minimum atomic E-state index is -0.511. The fourth-order valence-electron chi connectivity index (χ4n) is 1.97. The Morgan fingerprint density at radius 2 is 1.96 bits per heavy atom. The average Bonchev–Trinajstić information content (AvgIpc) is 3.01. The molecule has 1 heterocycles. The summed E-state index contributed by atoms with van der Waals surface area (Å²) in [6.07, 6.45) is 3.54. The Morgan fingerprint density at radius 1 is 1.26 bits per heavy atom. The minimum Gasteiger partial charge on any atom is -0.341 e. The van der Waals surface area contributed by atoms with Crippen molar-refractivity contribution in [3.05, 3.63) is 42.2 Å². The number of nitrogens with zero attached hydrogens (tertiary/aromatic N) is 2. The van der Waals surface area contributed by atoms with Crippen LogP contribution in [0.5, 0.6) is 0 Å². The van der Waals surface area contributed by atoms with Crippen LogP contribution in [0.15, 0.2) is 41.8 Å². The zero-order chi connectivity index (χ0) is 16.8. The molecule has 7 heteroatoms. The van der Waals surface area contributed by atoms with Gasteiger partial charge in [-0.05, 0) is 23.6 Å². The highest BCUT2D eigenvalue weighted by atomic mass is 32.2. The fraction of sp³-hybridized carbons (Fsp3) is 0.312. The van der Waals surface area contributed by atoms with Crippen LogP contribution >= 0.6 is 11.8 Å². The number of aromatic nitrogens is 2. The quantitative estimate of drug-likeness (QED) is 0.825. The first-order chi connectivity index (χ1) is 11.0. The van der Waals surface area contributed by atoms with Crippen LogP contribution in [0, 0.1) is 0 Å². The Labute approximate surface area is 139 Å². The number of imidazole rings is 1. The second kappa shape index (κ2) is 7.82. The van der Waals surface area contributed by atoms with Gasteiger partial charge in [0.2, 0.25) is 5.91 Å². The molecule has 0 saturated heterocycles. The van der Waals surface area contributed by atoms with Gasteiger partial charge in [-0.2, -0.15) is 0 Å². The van der Waals surface area contributed by atoms with Crippen molar-refractivity contribution < 1.29 is 9.59 Å². The van der Waals surface area contributed by atoms with Crippen LogP contribution < -0.4 is 10.6 Å². The number of carbonyl (C=O) groups is 2. The Bertz CT molecular complexity index is 680. The number of hydrogen-bond acceptors (Lipinski definition) is 4. The van der Waals surface area contributed by atoms with E-state index < -0.39 is 6.03 Å². The Kier molecular flexibility index (Phi) is 5.81. The number of carbonyl (C=O) groups excluding carboxylic acids is 2. The number of urea groups is 1. The first kappa shape index (κ1) is 17.1. The maximum Gasteiger partial charge on any atom is 0.321 e. The van der Waals surface area contributed by atoms with E-state index in [0.717, 1.165) is 5.69 Å². The van der Waals surface area contributed by atoms with E-state index in [9.17, 15) is 9.59 Å². The molecule has 1 aromatic carbocycles. The van der Waals surface area contributed by atoms with E-state index in [1.54, 1.807) is 6.20 Å². The second-order valence-corrected chi connectivity index (χ2v) is 6.18. The summed E-state index contributed by atoms with van der Waals surface area (Å²) in [7, 11) is 1.46. The van der Waals surface area contributed by atoms with Gasteiger partial charge in [-0.25, -0.2) is 9.78 Å². The molecule has 0 bridgehead atoms. The topological polar surface area (TPSA) is 76.0 Å². The molecular weight excluding hydrogens is 312 g/mol. The summed E-state index contributed by atoms with van der Waals surface area (Å²) in [6.45, 7) is 4.30. The predicted molar refractivity (Wildman–Crippen MR) is 91.0 cm³/mol. The predicted octanol–water partition coefficient (Wildman–Crippen LogP) is 2.54. The lowest BCUT2D eigenvalue weighted by Crippen LogP contribution is -2.38. The van der Waals surface area contributed by atoms with E-state index in [2.05, 4.69) is 41.6 Å². The largest absolute Gasteiger partial charge is 0.341 e. The molecule has 0 atom stereocenters. The molecule has 0 fully saturated rings. The van der Waals surface area contributed by atoms with Crippen LogP contribution in [0.2, 0.25) is 0 Å². The summed E-state index contributed by atoms with van der Waals surface area (Å²) in [5.41, 5.74) is 2.26. The van der Waals surface area contributed by atoms with Crippen molar-refractivity contribution >= 4 is 23.7 Å². The number of benzene rings is 1. The van der Waals surface area contributed by atoms with Gasteiger partial charge < -0.3 is 5.32 Å². The van der Waals surface area contributed by atoms with Crippen LogP contribution in [0.1, 0.15) is 25.3 Å². The molecule has 0 saturated carbocycles. The molecule has 122 valence electrons. The van der Waals surface area contributed by atoms with Gasteiger partial charge in [0.05, 0.1) is 5.75 Å². The van der Waals surface area contributed by atoms with Crippen molar-refractivity contribution in [1.29, 1.82) is 0 Å². The van der Waals surface area contributed by atoms with E-state index in [4.69, 9.17) is 0 Å². The molecule has 0 unspecified atom stereocenters. The van der Waals surface area contributed by atoms with Gasteiger partial charge in [0.25, 0.3) is 0 Å². The lowest BCUT2D eigenvalue weighted by molar-refractivity contribution is -0.117. The van der Waals surface area contributed by atoms with Crippen LogP contribution in [0.3, 0.4) is 0 Å². The van der Waals surface area contributed by atoms with E-state index >= 15 is 0 Å². The zero-order valence-electron chi connectivity index (χ0n) is 13.4. The number of thioether (sulfide) groups is 1. The van der Waals surface area contributed by atoms with Crippen LogP contribution in [0.25, 0.3) is 5.69 Å². The number of rotatable bonds is 5. The van der Waals surface area contributed by atoms with Gasteiger partial charge in [0.15, 0.2) is 5.16 Å². The number of nitrogens with one attached hydrogen (secondary N) is 2. The molecule has 3 amide bonds. The lowest BCUT2D eigenvalue weighted by atomic mass is 10.0. The van der Waals surface area contributed by atoms with Gasteiger partial charge >= 0.3 is 6.03 Å². The number of amides is 3. The molecule has 1 aromatic heterocycles. The normalized spacial score (nSPS) is 10.6. The van der Waals surface area contributed by atoms with Crippen molar-refractivity contribution in [2.45, 2.75) is 24.9 Å². The molecule has 0 aliphatic rings. The average molecular weight is 332 g/mol. The van der Waals surface area contributed by atoms with Gasteiger partial charge in [0, 0.05) is 25.1 Å². The van der Waals surface area contributed by atoms with E-state index in [-0.39, 0.29) is 11.7 Å². The highest BCUT2D eigenvalue weighted by Crippen LogP contribution is 2.22. The maximum absolute atomic E-state index is 11.6. The van der Waals surface area contributed by atoms with Gasteiger partial charge in [0.1, 0.15) is 0 Å². The Balaban J connectivity index is 2.04. The van der Waals surface area contributed by atoms with Gasteiger partial charge in [-0.15, -0.1) is 0 Å². The summed E-state index contributed by atoms with van der Waals surface area (Å²) in [4.78, 5) is 27.0. The molecule has 0 radical (unpaired) electrons. The van der Waals surface area contributed by atoms with Crippen LogP contribution in [-0.4, -0.2) is 34.3 Å². The summed E-state index contributed by atoms with van der Waals surface area (Å²) in [6, 6.07) is 7.74. The molecule has 2 aromatic rings. The molecule has 0 aliphatic carbocycles. The Morgan fingerprint density at radius 3 is 2.57 bits per heavy atom. The van der Waals surface area contributed by atoms with Crippen molar-refractivity contribution in [3.63, 3.8) is 0 Å². The third-order valence-electron chi connectivity index (χ3n) is 3.26.